The van der Waals surface area contributed by atoms with Crippen molar-refractivity contribution in [1.82, 2.24) is 4.90 Å². The van der Waals surface area contributed by atoms with Crippen molar-refractivity contribution in [1.29, 1.82) is 0 Å². The number of nitrogens with zero attached hydrogens (tertiary/aromatic N) is 1. The summed E-state index contributed by atoms with van der Waals surface area (Å²) in [4.78, 5) is 2.36. The first-order valence-electron chi connectivity index (χ1n) is 6.33. The van der Waals surface area contributed by atoms with Gasteiger partial charge in [-0.1, -0.05) is 30.3 Å². The highest BCUT2D eigenvalue weighted by molar-refractivity contribution is 5.13. The van der Waals surface area contributed by atoms with E-state index in [1.54, 1.807) is 0 Å². The lowest BCUT2D eigenvalue weighted by atomic mass is 9.86. The molecule has 1 fully saturated rings. The van der Waals surface area contributed by atoms with E-state index < -0.39 is 0 Å². The maximum atomic E-state index is 5.78. The predicted octanol–water partition coefficient (Wildman–Crippen LogP) is 1.62. The molecule has 0 bridgehead atoms. The molecule has 0 unspecified atom stereocenters. The Kier molecular flexibility index (Phi) is 4.54. The topological polar surface area (TPSA) is 38.5 Å². The number of ether oxygens (including phenoxy) is 1. The summed E-state index contributed by atoms with van der Waals surface area (Å²) < 4.78 is 5.66. The molecule has 0 aliphatic heterocycles. The van der Waals surface area contributed by atoms with Gasteiger partial charge in [-0.05, 0) is 25.5 Å². The third-order valence-electron chi connectivity index (χ3n) is 3.47. The normalized spacial score (nSPS) is 23.7. The Hall–Kier alpha value is -0.900. The minimum atomic E-state index is 0.424. The Morgan fingerprint density at radius 3 is 2.65 bits per heavy atom. The van der Waals surface area contributed by atoms with Crippen LogP contribution in [0.15, 0.2) is 30.3 Å². The first kappa shape index (κ1) is 12.6. The molecule has 2 rings (SSSR count). The fraction of sp³-hybridized carbons (Fsp3) is 0.571. The van der Waals surface area contributed by atoms with Gasteiger partial charge in [0.2, 0.25) is 0 Å². The molecule has 0 saturated heterocycles. The van der Waals surface area contributed by atoms with Crippen LogP contribution >= 0.6 is 0 Å². The van der Waals surface area contributed by atoms with Crippen molar-refractivity contribution in [2.45, 2.75) is 31.5 Å². The molecule has 1 aromatic rings. The highest BCUT2D eigenvalue weighted by Crippen LogP contribution is 2.22. The molecule has 17 heavy (non-hydrogen) atoms. The van der Waals surface area contributed by atoms with E-state index >= 15 is 0 Å². The second kappa shape index (κ2) is 6.15. The molecule has 1 aromatic carbocycles. The van der Waals surface area contributed by atoms with E-state index in [0.29, 0.717) is 18.7 Å². The van der Waals surface area contributed by atoms with Gasteiger partial charge in [0.1, 0.15) is 0 Å². The Labute approximate surface area is 104 Å². The molecule has 0 spiro atoms. The van der Waals surface area contributed by atoms with Gasteiger partial charge in [-0.2, -0.15) is 0 Å². The second-order valence-electron chi connectivity index (χ2n) is 4.90. The number of likely N-dealkylation sites (N-methyl/N-ethyl adjacent to an activating group) is 1. The van der Waals surface area contributed by atoms with Gasteiger partial charge >= 0.3 is 0 Å². The minimum absolute atomic E-state index is 0.424. The van der Waals surface area contributed by atoms with Gasteiger partial charge in [-0.25, -0.2) is 0 Å². The number of hydrogen-bond donors (Lipinski definition) is 1. The van der Waals surface area contributed by atoms with Crippen LogP contribution in [0.4, 0.5) is 0 Å². The van der Waals surface area contributed by atoms with E-state index in [0.717, 1.165) is 26.0 Å². The number of rotatable bonds is 6. The van der Waals surface area contributed by atoms with Crippen LogP contribution in [0.3, 0.4) is 0 Å². The summed E-state index contributed by atoms with van der Waals surface area (Å²) in [6.07, 6.45) is 2.27. The predicted molar refractivity (Wildman–Crippen MR) is 69.7 cm³/mol. The summed E-state index contributed by atoms with van der Waals surface area (Å²) in [5.41, 5.74) is 7.02. The van der Waals surface area contributed by atoms with Crippen LogP contribution in [0.5, 0.6) is 0 Å². The van der Waals surface area contributed by atoms with Crippen LogP contribution < -0.4 is 5.73 Å². The zero-order chi connectivity index (χ0) is 12.1. The Bertz CT molecular complexity index is 322. The van der Waals surface area contributed by atoms with Crippen molar-refractivity contribution in [3.8, 4) is 0 Å². The van der Waals surface area contributed by atoms with Crippen molar-refractivity contribution >= 4 is 0 Å². The molecule has 2 N–H and O–H groups in total. The highest BCUT2D eigenvalue weighted by atomic mass is 16.5. The first-order chi connectivity index (χ1) is 8.25. The molecule has 1 saturated carbocycles. The van der Waals surface area contributed by atoms with Crippen LogP contribution in [0, 0.1) is 0 Å². The first-order valence-corrected chi connectivity index (χ1v) is 6.33. The van der Waals surface area contributed by atoms with Gasteiger partial charge in [0.15, 0.2) is 0 Å². The standard InChI is InChI=1S/C14H22N2O/c1-16(14-9-13(15)10-14)7-8-17-11-12-5-3-2-4-6-12/h2-6,13-14H,7-11,15H2,1H3. The molecule has 0 radical (unpaired) electrons. The Morgan fingerprint density at radius 2 is 2.00 bits per heavy atom. The molecular formula is C14H22N2O. The number of benzene rings is 1. The van der Waals surface area contributed by atoms with Crippen molar-refractivity contribution in [2.24, 2.45) is 5.73 Å². The van der Waals surface area contributed by atoms with E-state index in [9.17, 15) is 0 Å². The number of nitrogens with two attached hydrogens (primary N) is 1. The third-order valence-corrected chi connectivity index (χ3v) is 3.47. The average molecular weight is 234 g/mol. The van der Waals surface area contributed by atoms with E-state index in [1.807, 2.05) is 18.2 Å². The van der Waals surface area contributed by atoms with E-state index in [-0.39, 0.29) is 0 Å². The van der Waals surface area contributed by atoms with E-state index in [4.69, 9.17) is 10.5 Å². The zero-order valence-electron chi connectivity index (χ0n) is 10.5. The second-order valence-corrected chi connectivity index (χ2v) is 4.90. The molecule has 1 aliphatic rings. The van der Waals surface area contributed by atoms with Gasteiger partial charge in [-0.3, -0.25) is 0 Å². The van der Waals surface area contributed by atoms with Crippen molar-refractivity contribution in [2.75, 3.05) is 20.2 Å². The van der Waals surface area contributed by atoms with Crippen molar-refractivity contribution in [3.63, 3.8) is 0 Å². The van der Waals surface area contributed by atoms with Gasteiger partial charge in [0, 0.05) is 18.6 Å². The lowest BCUT2D eigenvalue weighted by molar-refractivity contribution is 0.0661. The molecule has 0 amide bonds. The summed E-state index contributed by atoms with van der Waals surface area (Å²) in [7, 11) is 2.16. The quantitative estimate of drug-likeness (QED) is 0.760. The Morgan fingerprint density at radius 1 is 1.29 bits per heavy atom. The fourth-order valence-electron chi connectivity index (χ4n) is 2.15. The van der Waals surface area contributed by atoms with Crippen LogP contribution in [0.25, 0.3) is 0 Å². The minimum Gasteiger partial charge on any atom is -0.375 e. The molecule has 94 valence electrons. The number of hydrogen-bond acceptors (Lipinski definition) is 3. The molecule has 0 atom stereocenters. The summed E-state index contributed by atoms with van der Waals surface area (Å²) >= 11 is 0. The highest BCUT2D eigenvalue weighted by Gasteiger charge is 2.28. The van der Waals surface area contributed by atoms with E-state index in [1.165, 1.54) is 5.56 Å². The zero-order valence-corrected chi connectivity index (χ0v) is 10.5. The summed E-state index contributed by atoms with van der Waals surface area (Å²) in [6.45, 7) is 2.49. The molecular weight excluding hydrogens is 212 g/mol. The largest absolute Gasteiger partial charge is 0.375 e. The van der Waals surface area contributed by atoms with E-state index in [2.05, 4.69) is 24.1 Å². The van der Waals surface area contributed by atoms with Gasteiger partial charge in [0.25, 0.3) is 0 Å². The summed E-state index contributed by atoms with van der Waals surface area (Å²) in [5.74, 6) is 0. The molecule has 0 heterocycles. The van der Waals surface area contributed by atoms with Gasteiger partial charge in [0.05, 0.1) is 13.2 Å². The molecule has 3 nitrogen and oxygen atoms in total. The fourth-order valence-corrected chi connectivity index (χ4v) is 2.15. The van der Waals surface area contributed by atoms with Crippen molar-refractivity contribution in [3.05, 3.63) is 35.9 Å². The SMILES string of the molecule is CN(CCOCc1ccccc1)C1CC(N)C1. The van der Waals surface area contributed by atoms with Gasteiger partial charge in [-0.15, -0.1) is 0 Å². The van der Waals surface area contributed by atoms with Crippen LogP contribution in [-0.2, 0) is 11.3 Å². The molecule has 0 aromatic heterocycles. The summed E-state index contributed by atoms with van der Waals surface area (Å²) in [6, 6.07) is 11.4. The third kappa shape index (κ3) is 3.80. The molecule has 1 aliphatic carbocycles. The summed E-state index contributed by atoms with van der Waals surface area (Å²) in [5, 5.41) is 0. The van der Waals surface area contributed by atoms with Crippen molar-refractivity contribution < 1.29 is 4.74 Å². The average Bonchev–Trinajstić information content (AvgIpc) is 2.32. The lowest BCUT2D eigenvalue weighted by Gasteiger charge is -2.39. The lowest BCUT2D eigenvalue weighted by Crippen LogP contribution is -2.49. The Balaban J connectivity index is 1.57. The van der Waals surface area contributed by atoms with Gasteiger partial charge < -0.3 is 15.4 Å². The van der Waals surface area contributed by atoms with Crippen LogP contribution in [-0.4, -0.2) is 37.2 Å². The van der Waals surface area contributed by atoms with Crippen LogP contribution in [0.1, 0.15) is 18.4 Å². The molecule has 3 heteroatoms. The maximum absolute atomic E-state index is 5.78. The van der Waals surface area contributed by atoms with Crippen LogP contribution in [0.2, 0.25) is 0 Å². The maximum Gasteiger partial charge on any atom is 0.0717 e. The monoisotopic (exact) mass is 234 g/mol. The smallest absolute Gasteiger partial charge is 0.0717 e.